The molecule has 0 aliphatic heterocycles. The van der Waals surface area contributed by atoms with Gasteiger partial charge in [-0.25, -0.2) is 4.39 Å². The Hall–Kier alpha value is -2.07. The lowest BCUT2D eigenvalue weighted by molar-refractivity contribution is 0.100. The summed E-state index contributed by atoms with van der Waals surface area (Å²) >= 11 is 5.97. The van der Waals surface area contributed by atoms with Crippen LogP contribution in [0.5, 0.6) is 0 Å². The van der Waals surface area contributed by atoms with E-state index < -0.39 is 5.91 Å². The van der Waals surface area contributed by atoms with Crippen LogP contribution in [0.3, 0.4) is 0 Å². The minimum atomic E-state index is -0.580. The molecule has 3 nitrogen and oxygen atoms in total. The summed E-state index contributed by atoms with van der Waals surface area (Å²) in [5, 5.41) is 3.40. The maximum absolute atomic E-state index is 13.7. The Labute approximate surface area is 121 Å². The number of carbonyl (C=O) groups is 1. The van der Waals surface area contributed by atoms with E-state index in [1.165, 1.54) is 6.07 Å². The third kappa shape index (κ3) is 3.08. The SMILES string of the molecule is CC(Nc1ccc(C(N)=O)c(Cl)c1)c1ccccc1F. The Morgan fingerprint density at radius 1 is 1.30 bits per heavy atom. The van der Waals surface area contributed by atoms with E-state index >= 15 is 0 Å². The summed E-state index contributed by atoms with van der Waals surface area (Å²) in [6.07, 6.45) is 0. The molecule has 1 unspecified atom stereocenters. The lowest BCUT2D eigenvalue weighted by atomic mass is 10.1. The molecule has 0 saturated heterocycles. The fourth-order valence-corrected chi connectivity index (χ4v) is 2.23. The molecular formula is C15H14ClFN2O. The van der Waals surface area contributed by atoms with E-state index in [2.05, 4.69) is 5.32 Å². The highest BCUT2D eigenvalue weighted by Crippen LogP contribution is 2.25. The van der Waals surface area contributed by atoms with Gasteiger partial charge in [-0.1, -0.05) is 29.8 Å². The van der Waals surface area contributed by atoms with Crippen LogP contribution >= 0.6 is 11.6 Å². The largest absolute Gasteiger partial charge is 0.378 e. The van der Waals surface area contributed by atoms with Crippen molar-refractivity contribution in [2.24, 2.45) is 5.73 Å². The number of amides is 1. The zero-order chi connectivity index (χ0) is 14.7. The molecule has 0 aliphatic rings. The van der Waals surface area contributed by atoms with E-state index in [4.69, 9.17) is 17.3 Å². The number of nitrogens with one attached hydrogen (secondary N) is 1. The normalized spacial score (nSPS) is 11.9. The fraction of sp³-hybridized carbons (Fsp3) is 0.133. The van der Waals surface area contributed by atoms with Crippen molar-refractivity contribution in [3.05, 3.63) is 64.4 Å². The van der Waals surface area contributed by atoms with Crippen LogP contribution < -0.4 is 11.1 Å². The van der Waals surface area contributed by atoms with Gasteiger partial charge in [-0.3, -0.25) is 4.79 Å². The quantitative estimate of drug-likeness (QED) is 0.901. The lowest BCUT2D eigenvalue weighted by Crippen LogP contribution is -2.12. The smallest absolute Gasteiger partial charge is 0.250 e. The minimum Gasteiger partial charge on any atom is -0.378 e. The van der Waals surface area contributed by atoms with Gasteiger partial charge in [0.15, 0.2) is 0 Å². The van der Waals surface area contributed by atoms with Crippen molar-refractivity contribution >= 4 is 23.2 Å². The number of rotatable bonds is 4. The maximum atomic E-state index is 13.7. The van der Waals surface area contributed by atoms with Crippen LogP contribution in [0.15, 0.2) is 42.5 Å². The van der Waals surface area contributed by atoms with Crippen molar-refractivity contribution in [2.45, 2.75) is 13.0 Å². The van der Waals surface area contributed by atoms with Crippen LogP contribution in [-0.2, 0) is 0 Å². The average molecular weight is 293 g/mol. The lowest BCUT2D eigenvalue weighted by Gasteiger charge is -2.17. The zero-order valence-corrected chi connectivity index (χ0v) is 11.6. The number of nitrogens with two attached hydrogens (primary N) is 1. The van der Waals surface area contributed by atoms with E-state index in [0.29, 0.717) is 11.3 Å². The molecule has 0 spiro atoms. The Kier molecular flexibility index (Phi) is 4.25. The van der Waals surface area contributed by atoms with Gasteiger partial charge in [0, 0.05) is 11.3 Å². The molecular weight excluding hydrogens is 279 g/mol. The Balaban J connectivity index is 2.20. The van der Waals surface area contributed by atoms with Crippen molar-refractivity contribution < 1.29 is 9.18 Å². The number of carbonyl (C=O) groups excluding carboxylic acids is 1. The molecule has 0 radical (unpaired) electrons. The van der Waals surface area contributed by atoms with Crippen molar-refractivity contribution in [3.63, 3.8) is 0 Å². The first kappa shape index (κ1) is 14.3. The highest BCUT2D eigenvalue weighted by Gasteiger charge is 2.12. The van der Waals surface area contributed by atoms with Gasteiger partial charge in [0.2, 0.25) is 5.91 Å². The zero-order valence-electron chi connectivity index (χ0n) is 10.9. The third-order valence-electron chi connectivity index (χ3n) is 2.99. The summed E-state index contributed by atoms with van der Waals surface area (Å²) in [5.41, 5.74) is 6.69. The van der Waals surface area contributed by atoms with E-state index in [1.54, 1.807) is 36.4 Å². The van der Waals surface area contributed by atoms with Crippen LogP contribution in [0.2, 0.25) is 5.02 Å². The molecule has 5 heteroatoms. The van der Waals surface area contributed by atoms with Gasteiger partial charge in [0.1, 0.15) is 5.82 Å². The summed E-state index contributed by atoms with van der Waals surface area (Å²) < 4.78 is 13.7. The first-order chi connectivity index (χ1) is 9.49. The minimum absolute atomic E-state index is 0.230. The number of anilines is 1. The Morgan fingerprint density at radius 3 is 2.60 bits per heavy atom. The van der Waals surface area contributed by atoms with Gasteiger partial charge in [-0.15, -0.1) is 0 Å². The Morgan fingerprint density at radius 2 is 2.00 bits per heavy atom. The van der Waals surface area contributed by atoms with Gasteiger partial charge in [-0.05, 0) is 31.2 Å². The molecule has 0 heterocycles. The van der Waals surface area contributed by atoms with Gasteiger partial charge in [0.05, 0.1) is 16.6 Å². The van der Waals surface area contributed by atoms with Crippen LogP contribution in [-0.4, -0.2) is 5.91 Å². The third-order valence-corrected chi connectivity index (χ3v) is 3.30. The molecule has 2 rings (SSSR count). The standard InChI is InChI=1S/C15H14ClFN2O/c1-9(11-4-2-3-5-14(11)17)19-10-6-7-12(15(18)20)13(16)8-10/h2-9,19H,1H3,(H2,18,20). The molecule has 1 amide bonds. The molecule has 0 fully saturated rings. The Bertz CT molecular complexity index is 646. The summed E-state index contributed by atoms with van der Waals surface area (Å²) in [6.45, 7) is 1.84. The predicted octanol–water partition coefficient (Wildman–Crippen LogP) is 3.75. The second kappa shape index (κ2) is 5.92. The van der Waals surface area contributed by atoms with Crippen LogP contribution in [0.4, 0.5) is 10.1 Å². The number of halogens is 2. The van der Waals surface area contributed by atoms with Gasteiger partial charge in [-0.2, -0.15) is 0 Å². The molecule has 0 aliphatic carbocycles. The topological polar surface area (TPSA) is 55.1 Å². The highest BCUT2D eigenvalue weighted by molar-refractivity contribution is 6.34. The van der Waals surface area contributed by atoms with E-state index in [9.17, 15) is 9.18 Å². The summed E-state index contributed by atoms with van der Waals surface area (Å²) in [6, 6.07) is 11.1. The molecule has 0 aromatic heterocycles. The maximum Gasteiger partial charge on any atom is 0.250 e. The molecule has 0 saturated carbocycles. The number of hydrogen-bond donors (Lipinski definition) is 2. The molecule has 3 N–H and O–H groups in total. The number of primary amides is 1. The first-order valence-electron chi connectivity index (χ1n) is 6.09. The molecule has 2 aromatic carbocycles. The van der Waals surface area contributed by atoms with Crippen LogP contribution in [0.1, 0.15) is 28.9 Å². The molecule has 2 aromatic rings. The van der Waals surface area contributed by atoms with Gasteiger partial charge >= 0.3 is 0 Å². The van der Waals surface area contributed by atoms with Crippen LogP contribution in [0.25, 0.3) is 0 Å². The number of hydrogen-bond acceptors (Lipinski definition) is 2. The predicted molar refractivity (Wildman–Crippen MR) is 78.4 cm³/mol. The fourth-order valence-electron chi connectivity index (χ4n) is 1.96. The second-order valence-corrected chi connectivity index (χ2v) is 4.85. The van der Waals surface area contributed by atoms with E-state index in [0.717, 1.165) is 0 Å². The monoisotopic (exact) mass is 292 g/mol. The molecule has 1 atom stereocenters. The second-order valence-electron chi connectivity index (χ2n) is 4.45. The first-order valence-corrected chi connectivity index (χ1v) is 6.47. The molecule has 104 valence electrons. The summed E-state index contributed by atoms with van der Waals surface area (Å²) in [4.78, 5) is 11.1. The molecule has 0 bridgehead atoms. The van der Waals surface area contributed by atoms with Gasteiger partial charge < -0.3 is 11.1 Å². The van der Waals surface area contributed by atoms with Crippen LogP contribution in [0, 0.1) is 5.82 Å². The average Bonchev–Trinajstić information content (AvgIpc) is 2.38. The van der Waals surface area contributed by atoms with E-state index in [1.807, 2.05) is 6.92 Å². The number of benzene rings is 2. The van der Waals surface area contributed by atoms with E-state index in [-0.39, 0.29) is 22.4 Å². The van der Waals surface area contributed by atoms with Crippen molar-refractivity contribution in [1.29, 1.82) is 0 Å². The van der Waals surface area contributed by atoms with Crippen molar-refractivity contribution in [1.82, 2.24) is 0 Å². The van der Waals surface area contributed by atoms with Crippen molar-refractivity contribution in [3.8, 4) is 0 Å². The molecule has 20 heavy (non-hydrogen) atoms. The summed E-state index contributed by atoms with van der Waals surface area (Å²) in [7, 11) is 0. The van der Waals surface area contributed by atoms with Crippen molar-refractivity contribution in [2.75, 3.05) is 5.32 Å². The summed E-state index contributed by atoms with van der Waals surface area (Å²) in [5.74, 6) is -0.851. The highest BCUT2D eigenvalue weighted by atomic mass is 35.5. The van der Waals surface area contributed by atoms with Gasteiger partial charge in [0.25, 0.3) is 0 Å².